The van der Waals surface area contributed by atoms with E-state index in [2.05, 4.69) is 29.1 Å². The summed E-state index contributed by atoms with van der Waals surface area (Å²) in [5, 5.41) is 3.51. The lowest BCUT2D eigenvalue weighted by atomic mass is 9.92. The third-order valence-electron chi connectivity index (χ3n) is 3.54. The fourth-order valence-corrected chi connectivity index (χ4v) is 2.00. The second kappa shape index (κ2) is 4.27. The Bertz CT molecular complexity index is 304. The summed E-state index contributed by atoms with van der Waals surface area (Å²) in [6, 6.07) is 0. The van der Waals surface area contributed by atoms with Crippen molar-refractivity contribution >= 4 is 0 Å². The highest BCUT2D eigenvalue weighted by Crippen LogP contribution is 2.51. The van der Waals surface area contributed by atoms with Crippen molar-refractivity contribution in [2.45, 2.75) is 33.2 Å². The maximum Gasteiger partial charge on any atom is 0.115 e. The second-order valence-corrected chi connectivity index (χ2v) is 4.87. The molecule has 1 aromatic heterocycles. The first-order valence-corrected chi connectivity index (χ1v) is 5.67. The molecule has 3 nitrogen and oxygen atoms in total. The summed E-state index contributed by atoms with van der Waals surface area (Å²) in [5.74, 6) is 0.789. The van der Waals surface area contributed by atoms with Crippen LogP contribution in [0.3, 0.4) is 0 Å². The minimum Gasteiger partial charge on any atom is -0.312 e. The van der Waals surface area contributed by atoms with E-state index < -0.39 is 0 Å². The molecule has 0 atom stereocenters. The van der Waals surface area contributed by atoms with Gasteiger partial charge in [-0.2, -0.15) is 0 Å². The summed E-state index contributed by atoms with van der Waals surface area (Å²) in [5.41, 5.74) is 1.74. The first-order valence-electron chi connectivity index (χ1n) is 5.67. The summed E-state index contributed by atoms with van der Waals surface area (Å²) in [6.07, 6.45) is 8.07. The molecule has 82 valence electrons. The number of nitrogens with one attached hydrogen (secondary N) is 1. The predicted molar refractivity (Wildman–Crippen MR) is 60.2 cm³/mol. The van der Waals surface area contributed by atoms with Crippen LogP contribution in [0.15, 0.2) is 18.7 Å². The van der Waals surface area contributed by atoms with Crippen LogP contribution in [0.5, 0.6) is 0 Å². The molecule has 1 aromatic rings. The van der Waals surface area contributed by atoms with Crippen LogP contribution in [0.25, 0.3) is 0 Å². The standard InChI is InChI=1S/C12H19N3/c1-10(2)12(3-4-12)8-13-5-11-6-14-9-15-7-11/h6-7,9-10,13H,3-5,8H2,1-2H3. The van der Waals surface area contributed by atoms with E-state index in [-0.39, 0.29) is 0 Å². The Kier molecular flexibility index (Phi) is 3.00. The molecule has 1 saturated carbocycles. The third kappa shape index (κ3) is 2.53. The molecule has 1 aliphatic rings. The van der Waals surface area contributed by atoms with Crippen LogP contribution in [0.2, 0.25) is 0 Å². The Morgan fingerprint density at radius 3 is 2.53 bits per heavy atom. The van der Waals surface area contributed by atoms with Crippen molar-refractivity contribution in [1.29, 1.82) is 0 Å². The number of hydrogen-bond acceptors (Lipinski definition) is 3. The van der Waals surface area contributed by atoms with Gasteiger partial charge in [-0.15, -0.1) is 0 Å². The summed E-state index contributed by atoms with van der Waals surface area (Å²) in [6.45, 7) is 6.65. The topological polar surface area (TPSA) is 37.8 Å². The van der Waals surface area contributed by atoms with Gasteiger partial charge in [0.05, 0.1) is 0 Å². The molecule has 1 fully saturated rings. The van der Waals surface area contributed by atoms with E-state index in [4.69, 9.17) is 0 Å². The SMILES string of the molecule is CC(C)C1(CNCc2cncnc2)CC1. The van der Waals surface area contributed by atoms with Gasteiger partial charge in [-0.05, 0) is 24.2 Å². The lowest BCUT2D eigenvalue weighted by Crippen LogP contribution is -2.27. The van der Waals surface area contributed by atoms with Crippen LogP contribution in [0.1, 0.15) is 32.3 Å². The average molecular weight is 205 g/mol. The van der Waals surface area contributed by atoms with Crippen LogP contribution in [0.4, 0.5) is 0 Å². The number of nitrogens with zero attached hydrogens (tertiary/aromatic N) is 2. The van der Waals surface area contributed by atoms with Crippen molar-refractivity contribution in [1.82, 2.24) is 15.3 Å². The molecule has 0 amide bonds. The number of rotatable bonds is 5. The molecule has 0 saturated heterocycles. The highest BCUT2D eigenvalue weighted by atomic mass is 14.9. The molecule has 0 unspecified atom stereocenters. The van der Waals surface area contributed by atoms with Gasteiger partial charge < -0.3 is 5.32 Å². The Balaban J connectivity index is 1.76. The molecule has 15 heavy (non-hydrogen) atoms. The quantitative estimate of drug-likeness (QED) is 0.799. The molecular formula is C12H19N3. The van der Waals surface area contributed by atoms with Crippen molar-refractivity contribution in [3.63, 3.8) is 0 Å². The third-order valence-corrected chi connectivity index (χ3v) is 3.54. The normalized spacial score (nSPS) is 18.1. The van der Waals surface area contributed by atoms with Crippen LogP contribution < -0.4 is 5.32 Å². The lowest BCUT2D eigenvalue weighted by molar-refractivity contribution is 0.337. The van der Waals surface area contributed by atoms with Crippen molar-refractivity contribution < 1.29 is 0 Å². The molecule has 0 aliphatic heterocycles. The second-order valence-electron chi connectivity index (χ2n) is 4.87. The van der Waals surface area contributed by atoms with E-state index in [1.54, 1.807) is 6.33 Å². The molecule has 1 N–H and O–H groups in total. The molecule has 2 rings (SSSR count). The zero-order chi connectivity index (χ0) is 10.7. The first-order chi connectivity index (χ1) is 7.23. The fraction of sp³-hybridized carbons (Fsp3) is 0.667. The van der Waals surface area contributed by atoms with E-state index in [9.17, 15) is 0 Å². The van der Waals surface area contributed by atoms with Crippen molar-refractivity contribution in [2.75, 3.05) is 6.54 Å². The van der Waals surface area contributed by atoms with Gasteiger partial charge >= 0.3 is 0 Å². The predicted octanol–water partition coefficient (Wildman–Crippen LogP) is 2.00. The molecule has 0 spiro atoms. The van der Waals surface area contributed by atoms with E-state index in [1.165, 1.54) is 12.8 Å². The largest absolute Gasteiger partial charge is 0.312 e. The Labute approximate surface area is 91.3 Å². The van der Waals surface area contributed by atoms with Gasteiger partial charge in [0.25, 0.3) is 0 Å². The zero-order valence-electron chi connectivity index (χ0n) is 9.53. The molecule has 1 heterocycles. The van der Waals surface area contributed by atoms with Gasteiger partial charge in [0, 0.05) is 31.0 Å². The average Bonchev–Trinajstić information content (AvgIpc) is 3.01. The van der Waals surface area contributed by atoms with Crippen molar-refractivity contribution in [3.8, 4) is 0 Å². The Hall–Kier alpha value is -0.960. The maximum atomic E-state index is 4.00. The minimum absolute atomic E-state index is 0.579. The number of hydrogen-bond donors (Lipinski definition) is 1. The summed E-state index contributed by atoms with van der Waals surface area (Å²) in [4.78, 5) is 8.00. The van der Waals surface area contributed by atoms with Crippen molar-refractivity contribution in [2.24, 2.45) is 11.3 Å². The van der Waals surface area contributed by atoms with Gasteiger partial charge in [-0.1, -0.05) is 13.8 Å². The Morgan fingerprint density at radius 2 is 2.00 bits per heavy atom. The lowest BCUT2D eigenvalue weighted by Gasteiger charge is -2.19. The van der Waals surface area contributed by atoms with E-state index in [0.29, 0.717) is 5.41 Å². The molecule has 3 heteroatoms. The summed E-state index contributed by atoms with van der Waals surface area (Å²) in [7, 11) is 0. The first kappa shape index (κ1) is 10.6. The summed E-state index contributed by atoms with van der Waals surface area (Å²) < 4.78 is 0. The van der Waals surface area contributed by atoms with E-state index >= 15 is 0 Å². The van der Waals surface area contributed by atoms with Gasteiger partial charge in [-0.25, -0.2) is 9.97 Å². The minimum atomic E-state index is 0.579. The fourth-order valence-electron chi connectivity index (χ4n) is 2.00. The molecule has 1 aliphatic carbocycles. The summed E-state index contributed by atoms with van der Waals surface area (Å²) >= 11 is 0. The molecule has 0 aromatic carbocycles. The van der Waals surface area contributed by atoms with Crippen LogP contribution >= 0.6 is 0 Å². The molecular weight excluding hydrogens is 186 g/mol. The maximum absolute atomic E-state index is 4.00. The van der Waals surface area contributed by atoms with Gasteiger partial charge in [-0.3, -0.25) is 0 Å². The van der Waals surface area contributed by atoms with Crippen LogP contribution in [-0.2, 0) is 6.54 Å². The van der Waals surface area contributed by atoms with Crippen molar-refractivity contribution in [3.05, 3.63) is 24.3 Å². The van der Waals surface area contributed by atoms with Crippen LogP contribution in [-0.4, -0.2) is 16.5 Å². The monoisotopic (exact) mass is 205 g/mol. The van der Waals surface area contributed by atoms with E-state index in [1.807, 2.05) is 12.4 Å². The van der Waals surface area contributed by atoms with Gasteiger partial charge in [0.1, 0.15) is 6.33 Å². The highest BCUT2D eigenvalue weighted by molar-refractivity contribution is 5.03. The number of aromatic nitrogens is 2. The van der Waals surface area contributed by atoms with Crippen LogP contribution in [0, 0.1) is 11.3 Å². The van der Waals surface area contributed by atoms with E-state index in [0.717, 1.165) is 24.6 Å². The highest BCUT2D eigenvalue weighted by Gasteiger charge is 2.44. The zero-order valence-corrected chi connectivity index (χ0v) is 9.53. The van der Waals surface area contributed by atoms with Gasteiger partial charge in [0.2, 0.25) is 0 Å². The molecule has 0 radical (unpaired) electrons. The Morgan fingerprint density at radius 1 is 1.33 bits per heavy atom. The molecule has 0 bridgehead atoms. The van der Waals surface area contributed by atoms with Gasteiger partial charge in [0.15, 0.2) is 0 Å². The smallest absolute Gasteiger partial charge is 0.115 e.